The van der Waals surface area contributed by atoms with E-state index < -0.39 is 5.97 Å². The lowest BCUT2D eigenvalue weighted by molar-refractivity contribution is -0.137. The second-order valence-corrected chi connectivity index (χ2v) is 6.12. The molecule has 5 nitrogen and oxygen atoms in total. The number of carboxylic acid groups (broad SMARTS) is 1. The smallest absolute Gasteiger partial charge is 0.303 e. The molecule has 1 aliphatic heterocycles. The van der Waals surface area contributed by atoms with E-state index in [2.05, 4.69) is 5.32 Å². The summed E-state index contributed by atoms with van der Waals surface area (Å²) in [5, 5.41) is 11.9. The maximum atomic E-state index is 12.6. The van der Waals surface area contributed by atoms with Crippen molar-refractivity contribution >= 4 is 11.8 Å². The van der Waals surface area contributed by atoms with Crippen LogP contribution < -0.4 is 11.1 Å². The van der Waals surface area contributed by atoms with Crippen LogP contribution in [0.25, 0.3) is 0 Å². The molecule has 0 aromatic carbocycles. The van der Waals surface area contributed by atoms with Gasteiger partial charge in [0.15, 0.2) is 0 Å². The van der Waals surface area contributed by atoms with Gasteiger partial charge in [0.05, 0.1) is 5.92 Å². The van der Waals surface area contributed by atoms with E-state index >= 15 is 0 Å². The van der Waals surface area contributed by atoms with Crippen molar-refractivity contribution < 1.29 is 14.7 Å². The highest BCUT2D eigenvalue weighted by Gasteiger charge is 2.21. The molecular weight excluding hydrogens is 304 g/mol. The molecule has 1 atom stereocenters. The number of carbonyl (C=O) groups excluding carboxylic acids is 1. The van der Waals surface area contributed by atoms with Crippen molar-refractivity contribution in [1.29, 1.82) is 0 Å². The fourth-order valence-corrected chi connectivity index (χ4v) is 2.77. The summed E-state index contributed by atoms with van der Waals surface area (Å²) in [6.45, 7) is 0.670. The number of nitrogens with one attached hydrogen (secondary N) is 1. The first-order chi connectivity index (χ1) is 11.6. The zero-order valence-electron chi connectivity index (χ0n) is 14.4. The Hall–Kier alpha value is -1.88. The molecule has 4 N–H and O–H groups in total. The van der Waals surface area contributed by atoms with Gasteiger partial charge in [-0.3, -0.25) is 9.59 Å². The fourth-order valence-electron chi connectivity index (χ4n) is 2.77. The number of unbranched alkanes of at least 4 members (excludes halogenated alkanes) is 4. The van der Waals surface area contributed by atoms with Crippen LogP contribution in [0, 0.1) is 5.92 Å². The van der Waals surface area contributed by atoms with Crippen LogP contribution in [0.4, 0.5) is 0 Å². The third-order valence-corrected chi connectivity index (χ3v) is 4.12. The van der Waals surface area contributed by atoms with Crippen molar-refractivity contribution in [3.8, 4) is 0 Å². The van der Waals surface area contributed by atoms with Crippen LogP contribution in [-0.4, -0.2) is 23.4 Å². The highest BCUT2D eigenvalue weighted by molar-refractivity contribution is 5.83. The van der Waals surface area contributed by atoms with E-state index in [0.717, 1.165) is 44.2 Å². The maximum Gasteiger partial charge on any atom is 0.303 e. The largest absolute Gasteiger partial charge is 0.481 e. The Labute approximate surface area is 144 Å². The Morgan fingerprint density at radius 1 is 1.00 bits per heavy atom. The zero-order chi connectivity index (χ0) is 17.6. The molecule has 134 valence electrons. The van der Waals surface area contributed by atoms with E-state index in [4.69, 9.17) is 10.8 Å². The number of ketones is 1. The van der Waals surface area contributed by atoms with Gasteiger partial charge in [0.2, 0.25) is 0 Å². The van der Waals surface area contributed by atoms with Crippen molar-refractivity contribution in [2.45, 2.75) is 57.8 Å². The molecule has 0 spiro atoms. The molecule has 0 bridgehead atoms. The molecule has 0 aromatic heterocycles. The molecule has 5 heteroatoms. The quantitative estimate of drug-likeness (QED) is 0.450. The van der Waals surface area contributed by atoms with Crippen LogP contribution >= 0.6 is 0 Å². The van der Waals surface area contributed by atoms with Gasteiger partial charge in [-0.15, -0.1) is 0 Å². The number of rotatable bonds is 13. The van der Waals surface area contributed by atoms with Gasteiger partial charge < -0.3 is 16.2 Å². The number of aliphatic carboxylic acids is 1. The van der Waals surface area contributed by atoms with Crippen LogP contribution in [0.5, 0.6) is 0 Å². The van der Waals surface area contributed by atoms with E-state index in [1.807, 2.05) is 30.5 Å². The maximum absolute atomic E-state index is 12.6. The van der Waals surface area contributed by atoms with Gasteiger partial charge in [0, 0.05) is 24.7 Å². The molecule has 0 saturated heterocycles. The molecule has 1 rings (SSSR count). The van der Waals surface area contributed by atoms with Crippen molar-refractivity contribution in [1.82, 2.24) is 5.32 Å². The van der Waals surface area contributed by atoms with Crippen LogP contribution in [0.2, 0.25) is 0 Å². The predicted molar refractivity (Wildman–Crippen MR) is 96.2 cm³/mol. The summed E-state index contributed by atoms with van der Waals surface area (Å²) in [6.07, 6.45) is 16.3. The molecule has 0 amide bonds. The average molecular weight is 334 g/mol. The monoisotopic (exact) mass is 334 g/mol. The third kappa shape index (κ3) is 8.67. The van der Waals surface area contributed by atoms with Gasteiger partial charge in [-0.25, -0.2) is 0 Å². The molecule has 24 heavy (non-hydrogen) atoms. The lowest BCUT2D eigenvalue weighted by Gasteiger charge is -2.19. The van der Waals surface area contributed by atoms with Crippen molar-refractivity contribution in [3.05, 3.63) is 36.2 Å². The lowest BCUT2D eigenvalue weighted by Crippen LogP contribution is -2.23. The van der Waals surface area contributed by atoms with Gasteiger partial charge in [-0.05, 0) is 44.4 Å². The summed E-state index contributed by atoms with van der Waals surface area (Å²) in [4.78, 5) is 23.2. The number of carbonyl (C=O) groups is 2. The minimum Gasteiger partial charge on any atom is -0.481 e. The van der Waals surface area contributed by atoms with Crippen LogP contribution in [0.3, 0.4) is 0 Å². The normalized spacial score (nSPS) is 14.6. The third-order valence-electron chi connectivity index (χ3n) is 4.12. The van der Waals surface area contributed by atoms with E-state index in [1.54, 1.807) is 0 Å². The Morgan fingerprint density at radius 2 is 1.75 bits per heavy atom. The van der Waals surface area contributed by atoms with Gasteiger partial charge in [0.1, 0.15) is 5.78 Å². The summed E-state index contributed by atoms with van der Waals surface area (Å²) < 4.78 is 0. The Balaban J connectivity index is 2.53. The number of hydrogen-bond donors (Lipinski definition) is 3. The topological polar surface area (TPSA) is 92.4 Å². The minimum atomic E-state index is -0.758. The van der Waals surface area contributed by atoms with Crippen molar-refractivity contribution in [3.63, 3.8) is 0 Å². The standard InChI is InChI=1S/C19H30N2O3/c20-14-8-2-6-12-18(22)16(10-4-1-7-13-19(23)24)17-11-5-3-9-15-21-17/h3,5,9,11,15-16,21H,1-2,4,6-8,10,12-14,20H2,(H,23,24). The number of nitrogens with two attached hydrogens (primary N) is 1. The second-order valence-electron chi connectivity index (χ2n) is 6.12. The first-order valence-corrected chi connectivity index (χ1v) is 8.89. The summed E-state index contributed by atoms with van der Waals surface area (Å²) >= 11 is 0. The summed E-state index contributed by atoms with van der Waals surface area (Å²) in [5.41, 5.74) is 6.43. The molecule has 1 unspecified atom stereocenters. The van der Waals surface area contributed by atoms with Crippen LogP contribution in [0.15, 0.2) is 36.2 Å². The molecular formula is C19H30N2O3. The highest BCUT2D eigenvalue weighted by atomic mass is 16.4. The minimum absolute atomic E-state index is 0.139. The molecule has 0 aliphatic carbocycles. The number of hydrogen-bond acceptors (Lipinski definition) is 4. The predicted octanol–water partition coefficient (Wildman–Crippen LogP) is 3.28. The second kappa shape index (κ2) is 12.5. The molecule has 1 heterocycles. The first kappa shape index (κ1) is 20.2. The molecule has 0 saturated carbocycles. The number of allylic oxidation sites excluding steroid dienone is 5. The van der Waals surface area contributed by atoms with Crippen LogP contribution in [-0.2, 0) is 9.59 Å². The van der Waals surface area contributed by atoms with E-state index in [-0.39, 0.29) is 18.1 Å². The highest BCUT2D eigenvalue weighted by Crippen LogP contribution is 2.22. The number of carboxylic acids is 1. The van der Waals surface area contributed by atoms with Gasteiger partial charge >= 0.3 is 5.97 Å². The molecule has 1 aliphatic rings. The fraction of sp³-hybridized carbons (Fsp3) is 0.579. The summed E-state index contributed by atoms with van der Waals surface area (Å²) in [6, 6.07) is 0. The van der Waals surface area contributed by atoms with Crippen molar-refractivity contribution in [2.24, 2.45) is 11.7 Å². The Morgan fingerprint density at radius 3 is 2.50 bits per heavy atom. The zero-order valence-corrected chi connectivity index (χ0v) is 14.4. The van der Waals surface area contributed by atoms with Gasteiger partial charge in [0.25, 0.3) is 0 Å². The lowest BCUT2D eigenvalue weighted by atomic mass is 9.90. The summed E-state index contributed by atoms with van der Waals surface area (Å²) in [7, 11) is 0. The molecule has 0 fully saturated rings. The number of Topliss-reactive ketones (excluding diaryl/α,β-unsaturated/α-hetero) is 1. The van der Waals surface area contributed by atoms with E-state index in [0.29, 0.717) is 19.4 Å². The van der Waals surface area contributed by atoms with Crippen LogP contribution in [0.1, 0.15) is 57.8 Å². The first-order valence-electron chi connectivity index (χ1n) is 8.89. The van der Waals surface area contributed by atoms with Gasteiger partial charge in [-0.2, -0.15) is 0 Å². The summed E-state index contributed by atoms with van der Waals surface area (Å²) in [5.74, 6) is -0.640. The Kier molecular flexibility index (Phi) is 10.5. The van der Waals surface area contributed by atoms with Gasteiger partial charge in [-0.1, -0.05) is 31.4 Å². The van der Waals surface area contributed by atoms with Crippen molar-refractivity contribution in [2.75, 3.05) is 6.54 Å². The van der Waals surface area contributed by atoms with E-state index in [9.17, 15) is 9.59 Å². The Bertz CT molecular complexity index is 481. The van der Waals surface area contributed by atoms with E-state index in [1.165, 1.54) is 0 Å². The molecule has 0 aromatic rings. The SMILES string of the molecule is NCCCCCC(=O)C(CCCCCC(=O)O)C1=CC=CC=CN1. The average Bonchev–Trinajstić information content (AvgIpc) is 2.83. The molecule has 0 radical (unpaired) electrons.